The molecule has 0 aliphatic heterocycles. The van der Waals surface area contributed by atoms with E-state index in [0.29, 0.717) is 17.3 Å². The van der Waals surface area contributed by atoms with Crippen LogP contribution in [0.15, 0.2) is 42.5 Å². The second-order valence-corrected chi connectivity index (χ2v) is 4.24. The van der Waals surface area contributed by atoms with Crippen LogP contribution >= 0.6 is 11.6 Å². The van der Waals surface area contributed by atoms with Gasteiger partial charge in [-0.2, -0.15) is 0 Å². The van der Waals surface area contributed by atoms with Crippen LogP contribution in [0.5, 0.6) is 11.5 Å². The van der Waals surface area contributed by atoms with E-state index in [4.69, 9.17) is 22.1 Å². The lowest BCUT2D eigenvalue weighted by molar-refractivity contribution is 0.479. The molecule has 2 aromatic carbocycles. The van der Waals surface area contributed by atoms with Crippen LogP contribution < -0.4 is 10.5 Å². The number of rotatable bonds is 3. The zero-order chi connectivity index (χ0) is 12.3. The third kappa shape index (κ3) is 2.78. The Labute approximate surface area is 106 Å². The van der Waals surface area contributed by atoms with Crippen molar-refractivity contribution >= 4 is 11.6 Å². The second kappa shape index (κ2) is 5.21. The van der Waals surface area contributed by atoms with Crippen molar-refractivity contribution in [2.24, 2.45) is 5.73 Å². The highest BCUT2D eigenvalue weighted by Crippen LogP contribution is 2.31. The summed E-state index contributed by atoms with van der Waals surface area (Å²) >= 11 is 6.13. The van der Waals surface area contributed by atoms with E-state index < -0.39 is 0 Å². The quantitative estimate of drug-likeness (QED) is 0.893. The van der Waals surface area contributed by atoms with Gasteiger partial charge in [-0.15, -0.1) is 0 Å². The molecule has 0 saturated carbocycles. The lowest BCUT2D eigenvalue weighted by Crippen LogP contribution is -1.96. The summed E-state index contributed by atoms with van der Waals surface area (Å²) in [6, 6.07) is 13.4. The molecule has 0 radical (unpaired) electrons. The molecule has 0 spiro atoms. The number of para-hydroxylation sites is 1. The van der Waals surface area contributed by atoms with Gasteiger partial charge in [-0.1, -0.05) is 35.9 Å². The third-order valence-corrected chi connectivity index (χ3v) is 2.84. The topological polar surface area (TPSA) is 35.2 Å². The molecule has 3 heteroatoms. The van der Waals surface area contributed by atoms with Crippen molar-refractivity contribution in [3.05, 3.63) is 58.6 Å². The average Bonchev–Trinajstić information content (AvgIpc) is 2.34. The molecule has 0 heterocycles. The standard InChI is InChI=1S/C14H14ClNO/c1-10-4-2-3-5-13(10)17-14-7-6-11(9-16)8-12(14)15/h2-8H,9,16H2,1H3. The van der Waals surface area contributed by atoms with Gasteiger partial charge in [0.15, 0.2) is 0 Å². The first-order valence-electron chi connectivity index (χ1n) is 5.42. The van der Waals surface area contributed by atoms with E-state index in [0.717, 1.165) is 16.9 Å². The molecular formula is C14H14ClNO. The zero-order valence-electron chi connectivity index (χ0n) is 9.61. The number of hydrogen-bond acceptors (Lipinski definition) is 2. The maximum atomic E-state index is 6.13. The van der Waals surface area contributed by atoms with Crippen molar-refractivity contribution in [1.82, 2.24) is 0 Å². The molecule has 0 unspecified atom stereocenters. The van der Waals surface area contributed by atoms with Crippen molar-refractivity contribution in [1.29, 1.82) is 0 Å². The van der Waals surface area contributed by atoms with E-state index in [1.54, 1.807) is 0 Å². The van der Waals surface area contributed by atoms with E-state index in [1.165, 1.54) is 0 Å². The summed E-state index contributed by atoms with van der Waals surface area (Å²) in [5.74, 6) is 1.47. The van der Waals surface area contributed by atoms with Crippen LogP contribution in [0.2, 0.25) is 5.02 Å². The smallest absolute Gasteiger partial charge is 0.146 e. The fraction of sp³-hybridized carbons (Fsp3) is 0.143. The summed E-state index contributed by atoms with van der Waals surface area (Å²) in [5.41, 5.74) is 7.61. The Morgan fingerprint density at radius 2 is 1.88 bits per heavy atom. The fourth-order valence-electron chi connectivity index (χ4n) is 1.54. The molecule has 0 bridgehead atoms. The third-order valence-electron chi connectivity index (χ3n) is 2.55. The Morgan fingerprint density at radius 3 is 2.53 bits per heavy atom. The van der Waals surface area contributed by atoms with Gasteiger partial charge in [-0.25, -0.2) is 0 Å². The molecule has 2 aromatic rings. The lowest BCUT2D eigenvalue weighted by atomic mass is 10.2. The molecule has 0 saturated heterocycles. The van der Waals surface area contributed by atoms with Gasteiger partial charge in [0.2, 0.25) is 0 Å². The number of aryl methyl sites for hydroxylation is 1. The normalized spacial score (nSPS) is 10.3. The van der Waals surface area contributed by atoms with Gasteiger partial charge >= 0.3 is 0 Å². The predicted octanol–water partition coefficient (Wildman–Crippen LogP) is 3.90. The van der Waals surface area contributed by atoms with Gasteiger partial charge in [-0.05, 0) is 36.2 Å². The molecule has 0 amide bonds. The van der Waals surface area contributed by atoms with Crippen LogP contribution in [-0.4, -0.2) is 0 Å². The number of hydrogen-bond donors (Lipinski definition) is 1. The summed E-state index contributed by atoms with van der Waals surface area (Å²) in [4.78, 5) is 0. The lowest BCUT2D eigenvalue weighted by Gasteiger charge is -2.10. The van der Waals surface area contributed by atoms with Gasteiger partial charge in [0.1, 0.15) is 11.5 Å². The van der Waals surface area contributed by atoms with Crippen molar-refractivity contribution < 1.29 is 4.74 Å². The van der Waals surface area contributed by atoms with Gasteiger partial charge in [0.05, 0.1) is 5.02 Å². The summed E-state index contributed by atoms with van der Waals surface area (Å²) in [6.07, 6.45) is 0. The van der Waals surface area contributed by atoms with Crippen molar-refractivity contribution in [2.75, 3.05) is 0 Å². The molecule has 0 fully saturated rings. The maximum absolute atomic E-state index is 6.13. The molecule has 0 aromatic heterocycles. The first kappa shape index (κ1) is 12.0. The molecule has 88 valence electrons. The summed E-state index contributed by atoms with van der Waals surface area (Å²) in [5, 5.41) is 0.580. The minimum absolute atomic E-state index is 0.477. The van der Waals surface area contributed by atoms with Crippen LogP contribution in [0, 0.1) is 6.92 Å². The van der Waals surface area contributed by atoms with E-state index in [1.807, 2.05) is 49.4 Å². The molecule has 2 nitrogen and oxygen atoms in total. The zero-order valence-corrected chi connectivity index (χ0v) is 10.4. The molecule has 2 N–H and O–H groups in total. The molecule has 2 rings (SSSR count). The van der Waals surface area contributed by atoms with Gasteiger partial charge in [-0.3, -0.25) is 0 Å². The Bertz CT molecular complexity index is 525. The predicted molar refractivity (Wildman–Crippen MR) is 70.6 cm³/mol. The minimum atomic E-state index is 0.477. The Balaban J connectivity index is 2.28. The molecule has 0 aliphatic carbocycles. The fourth-order valence-corrected chi connectivity index (χ4v) is 1.79. The van der Waals surface area contributed by atoms with E-state index in [-0.39, 0.29) is 0 Å². The van der Waals surface area contributed by atoms with Gasteiger partial charge in [0.25, 0.3) is 0 Å². The summed E-state index contributed by atoms with van der Waals surface area (Å²) < 4.78 is 5.77. The van der Waals surface area contributed by atoms with Gasteiger partial charge in [0, 0.05) is 6.54 Å². The minimum Gasteiger partial charge on any atom is -0.456 e. The highest BCUT2D eigenvalue weighted by atomic mass is 35.5. The molecular weight excluding hydrogens is 234 g/mol. The van der Waals surface area contributed by atoms with Crippen molar-refractivity contribution in [2.45, 2.75) is 13.5 Å². The summed E-state index contributed by atoms with van der Waals surface area (Å²) in [6.45, 7) is 2.47. The first-order chi connectivity index (χ1) is 8.20. The average molecular weight is 248 g/mol. The molecule has 0 atom stereocenters. The van der Waals surface area contributed by atoms with Gasteiger partial charge < -0.3 is 10.5 Å². The Morgan fingerprint density at radius 1 is 1.12 bits per heavy atom. The summed E-state index contributed by atoms with van der Waals surface area (Å²) in [7, 11) is 0. The second-order valence-electron chi connectivity index (χ2n) is 3.84. The first-order valence-corrected chi connectivity index (χ1v) is 5.80. The van der Waals surface area contributed by atoms with Crippen molar-refractivity contribution in [3.8, 4) is 11.5 Å². The van der Waals surface area contributed by atoms with E-state index >= 15 is 0 Å². The number of ether oxygens (including phenoxy) is 1. The number of nitrogens with two attached hydrogens (primary N) is 1. The molecule has 17 heavy (non-hydrogen) atoms. The highest BCUT2D eigenvalue weighted by molar-refractivity contribution is 6.32. The Kier molecular flexibility index (Phi) is 3.67. The van der Waals surface area contributed by atoms with E-state index in [9.17, 15) is 0 Å². The maximum Gasteiger partial charge on any atom is 0.146 e. The number of benzene rings is 2. The van der Waals surface area contributed by atoms with Crippen molar-refractivity contribution in [3.63, 3.8) is 0 Å². The van der Waals surface area contributed by atoms with Crippen LogP contribution in [0.1, 0.15) is 11.1 Å². The van der Waals surface area contributed by atoms with Crippen LogP contribution in [-0.2, 0) is 6.54 Å². The number of halogens is 1. The Hall–Kier alpha value is -1.51. The highest BCUT2D eigenvalue weighted by Gasteiger charge is 2.05. The van der Waals surface area contributed by atoms with Crippen LogP contribution in [0.3, 0.4) is 0 Å². The SMILES string of the molecule is Cc1ccccc1Oc1ccc(CN)cc1Cl. The van der Waals surface area contributed by atoms with E-state index in [2.05, 4.69) is 0 Å². The van der Waals surface area contributed by atoms with Crippen LogP contribution in [0.4, 0.5) is 0 Å². The molecule has 0 aliphatic rings. The monoisotopic (exact) mass is 247 g/mol. The van der Waals surface area contributed by atoms with Crippen LogP contribution in [0.25, 0.3) is 0 Å². The largest absolute Gasteiger partial charge is 0.456 e.